The normalized spacial score (nSPS) is 9.70. The van der Waals surface area contributed by atoms with E-state index in [1.165, 1.54) is 10.8 Å². The van der Waals surface area contributed by atoms with E-state index in [-0.39, 0.29) is 18.5 Å². The van der Waals surface area contributed by atoms with Crippen molar-refractivity contribution in [2.24, 2.45) is 0 Å². The number of hydrogen-bond donors (Lipinski definition) is 1. The van der Waals surface area contributed by atoms with E-state index in [9.17, 15) is 4.79 Å². The van der Waals surface area contributed by atoms with Crippen LogP contribution < -0.4 is 0 Å². The van der Waals surface area contributed by atoms with Crippen LogP contribution in [0.3, 0.4) is 0 Å². The van der Waals surface area contributed by atoms with Gasteiger partial charge in [0.2, 0.25) is 0 Å². The van der Waals surface area contributed by atoms with Crippen molar-refractivity contribution in [1.29, 1.82) is 10.5 Å². The molecule has 2 aromatic rings. The molecule has 0 aliphatic rings. The summed E-state index contributed by atoms with van der Waals surface area (Å²) < 4.78 is 1.48. The molecule has 1 aromatic carbocycles. The lowest BCUT2D eigenvalue weighted by molar-refractivity contribution is -0.137. The number of aryl methyl sites for hydroxylation is 1. The topological polar surface area (TPSA) is 103 Å². The lowest BCUT2D eigenvalue weighted by Gasteiger charge is -1.99. The molecule has 0 atom stereocenters. The Morgan fingerprint density at radius 1 is 1.30 bits per heavy atom. The molecule has 0 amide bonds. The number of halogens is 1. The molecular formula is C16H11ClN4O2. The van der Waals surface area contributed by atoms with Crippen LogP contribution in [0.25, 0.3) is 17.3 Å². The highest BCUT2D eigenvalue weighted by Crippen LogP contribution is 2.25. The van der Waals surface area contributed by atoms with Crippen molar-refractivity contribution in [3.63, 3.8) is 0 Å². The van der Waals surface area contributed by atoms with E-state index in [1.54, 1.807) is 42.6 Å². The molecular weight excluding hydrogens is 316 g/mol. The summed E-state index contributed by atoms with van der Waals surface area (Å²) in [5, 5.41) is 31.5. The maximum atomic E-state index is 10.7. The van der Waals surface area contributed by atoms with Gasteiger partial charge in [0.05, 0.1) is 18.7 Å². The predicted octanol–water partition coefficient (Wildman–Crippen LogP) is 3.11. The fourth-order valence-electron chi connectivity index (χ4n) is 1.94. The molecule has 23 heavy (non-hydrogen) atoms. The zero-order valence-corrected chi connectivity index (χ0v) is 12.7. The maximum absolute atomic E-state index is 10.7. The van der Waals surface area contributed by atoms with Crippen LogP contribution in [0.5, 0.6) is 0 Å². The zero-order chi connectivity index (χ0) is 16.8. The number of benzene rings is 1. The Morgan fingerprint density at radius 3 is 2.52 bits per heavy atom. The quantitative estimate of drug-likeness (QED) is 0.850. The summed E-state index contributed by atoms with van der Waals surface area (Å²) >= 11 is 5.87. The van der Waals surface area contributed by atoms with E-state index in [1.807, 2.05) is 0 Å². The molecule has 0 saturated heterocycles. The first-order chi connectivity index (χ1) is 11.0. The second kappa shape index (κ2) is 7.26. The van der Waals surface area contributed by atoms with Gasteiger partial charge in [-0.25, -0.2) is 0 Å². The van der Waals surface area contributed by atoms with Crippen molar-refractivity contribution in [3.8, 4) is 23.4 Å². The van der Waals surface area contributed by atoms with E-state index in [2.05, 4.69) is 5.10 Å². The molecule has 0 radical (unpaired) electrons. The second-order valence-electron chi connectivity index (χ2n) is 4.63. The van der Waals surface area contributed by atoms with Crippen LogP contribution in [0.1, 0.15) is 12.0 Å². The van der Waals surface area contributed by atoms with Crippen molar-refractivity contribution in [2.45, 2.75) is 13.0 Å². The number of carboxylic acids is 1. The molecule has 0 aliphatic heterocycles. The lowest BCUT2D eigenvalue weighted by Crippen LogP contribution is -2.04. The summed E-state index contributed by atoms with van der Waals surface area (Å²) in [7, 11) is 0. The van der Waals surface area contributed by atoms with Gasteiger partial charge in [0.15, 0.2) is 0 Å². The van der Waals surface area contributed by atoms with E-state index in [4.69, 9.17) is 27.2 Å². The van der Waals surface area contributed by atoms with Gasteiger partial charge in [0.25, 0.3) is 0 Å². The molecule has 0 bridgehead atoms. The summed E-state index contributed by atoms with van der Waals surface area (Å²) in [4.78, 5) is 10.7. The molecule has 0 saturated carbocycles. The van der Waals surface area contributed by atoms with Gasteiger partial charge in [-0.2, -0.15) is 15.6 Å². The summed E-state index contributed by atoms with van der Waals surface area (Å²) in [6.45, 7) is 0.193. The third kappa shape index (κ3) is 4.19. The second-order valence-corrected chi connectivity index (χ2v) is 5.06. The number of allylic oxidation sites excluding steroid dienone is 1. The standard InChI is InChI=1S/C16H11ClN4O2/c17-14-3-1-12(2-4-14)16-13(7-11(8-18)9-19)10-21(20-16)6-5-15(22)23/h1-4,7,10H,5-6H2,(H,22,23). The predicted molar refractivity (Wildman–Crippen MR) is 84.1 cm³/mol. The van der Waals surface area contributed by atoms with Crippen molar-refractivity contribution >= 4 is 23.6 Å². The molecule has 0 aliphatic carbocycles. The smallest absolute Gasteiger partial charge is 0.305 e. The van der Waals surface area contributed by atoms with Gasteiger partial charge in [-0.05, 0) is 18.2 Å². The molecule has 0 fully saturated rings. The Labute approximate surface area is 137 Å². The van der Waals surface area contributed by atoms with Crippen LogP contribution >= 0.6 is 11.6 Å². The van der Waals surface area contributed by atoms with Gasteiger partial charge in [0.1, 0.15) is 17.7 Å². The van der Waals surface area contributed by atoms with Gasteiger partial charge in [-0.1, -0.05) is 23.7 Å². The van der Waals surface area contributed by atoms with Gasteiger partial charge in [-0.3, -0.25) is 9.48 Å². The highest BCUT2D eigenvalue weighted by Gasteiger charge is 2.11. The molecule has 6 nitrogen and oxygen atoms in total. The Kier molecular flexibility index (Phi) is 5.14. The molecule has 0 unspecified atom stereocenters. The van der Waals surface area contributed by atoms with Gasteiger partial charge in [0, 0.05) is 22.3 Å². The molecule has 114 valence electrons. The van der Waals surface area contributed by atoms with Crippen LogP contribution in [0, 0.1) is 22.7 Å². The molecule has 2 rings (SSSR count). The van der Waals surface area contributed by atoms with Crippen molar-refractivity contribution in [2.75, 3.05) is 0 Å². The molecule has 7 heteroatoms. The van der Waals surface area contributed by atoms with Gasteiger partial charge >= 0.3 is 5.97 Å². The third-order valence-electron chi connectivity index (χ3n) is 3.00. The number of hydrogen-bond acceptors (Lipinski definition) is 4. The number of aromatic nitrogens is 2. The van der Waals surface area contributed by atoms with Crippen molar-refractivity contribution in [1.82, 2.24) is 9.78 Å². The Hall–Kier alpha value is -3.09. The fraction of sp³-hybridized carbons (Fsp3) is 0.125. The Bertz CT molecular complexity index is 822. The third-order valence-corrected chi connectivity index (χ3v) is 3.26. The zero-order valence-electron chi connectivity index (χ0n) is 11.9. The average molecular weight is 327 g/mol. The van der Waals surface area contributed by atoms with Crippen molar-refractivity contribution < 1.29 is 9.90 Å². The van der Waals surface area contributed by atoms with Crippen LogP contribution in [0.15, 0.2) is 36.0 Å². The Balaban J connectivity index is 2.47. The minimum atomic E-state index is -0.930. The molecule has 1 heterocycles. The summed E-state index contributed by atoms with van der Waals surface area (Å²) in [6.07, 6.45) is 2.96. The molecule has 1 aromatic heterocycles. The SMILES string of the molecule is N#CC(C#N)=Cc1cn(CCC(=O)O)nc1-c1ccc(Cl)cc1. The fourth-order valence-corrected chi connectivity index (χ4v) is 2.07. The molecule has 1 N–H and O–H groups in total. The molecule has 0 spiro atoms. The first-order valence-electron chi connectivity index (χ1n) is 6.60. The van der Waals surface area contributed by atoms with Crippen LogP contribution in [-0.2, 0) is 11.3 Å². The van der Waals surface area contributed by atoms with E-state index < -0.39 is 5.97 Å². The van der Waals surface area contributed by atoms with Gasteiger partial charge in [-0.15, -0.1) is 0 Å². The minimum absolute atomic E-state index is 0.0574. The summed E-state index contributed by atoms with van der Waals surface area (Å²) in [5.74, 6) is -0.930. The first-order valence-corrected chi connectivity index (χ1v) is 6.98. The van der Waals surface area contributed by atoms with Gasteiger partial charge < -0.3 is 5.11 Å². The number of nitriles is 2. The maximum Gasteiger partial charge on any atom is 0.305 e. The van der Waals surface area contributed by atoms with Crippen LogP contribution in [0.4, 0.5) is 0 Å². The van der Waals surface area contributed by atoms with E-state index >= 15 is 0 Å². The summed E-state index contributed by atoms with van der Waals surface area (Å²) in [5.41, 5.74) is 1.81. The van der Waals surface area contributed by atoms with E-state index in [0.717, 1.165) is 5.56 Å². The average Bonchev–Trinajstić information content (AvgIpc) is 2.94. The number of nitrogens with zero attached hydrogens (tertiary/aromatic N) is 4. The number of aliphatic carboxylic acids is 1. The highest BCUT2D eigenvalue weighted by atomic mass is 35.5. The number of rotatable bonds is 5. The highest BCUT2D eigenvalue weighted by molar-refractivity contribution is 6.30. The monoisotopic (exact) mass is 326 g/mol. The first kappa shape index (κ1) is 16.3. The largest absolute Gasteiger partial charge is 0.481 e. The van der Waals surface area contributed by atoms with Crippen LogP contribution in [-0.4, -0.2) is 20.9 Å². The Morgan fingerprint density at radius 2 is 1.96 bits per heavy atom. The number of carboxylic acid groups (broad SMARTS) is 1. The lowest BCUT2D eigenvalue weighted by atomic mass is 10.1. The minimum Gasteiger partial charge on any atom is -0.481 e. The van der Waals surface area contributed by atoms with Crippen molar-refractivity contribution in [3.05, 3.63) is 46.6 Å². The number of carbonyl (C=O) groups is 1. The van der Waals surface area contributed by atoms with E-state index in [0.29, 0.717) is 16.3 Å². The summed E-state index contributed by atoms with van der Waals surface area (Å²) in [6, 6.07) is 10.5. The van der Waals surface area contributed by atoms with Crippen LogP contribution in [0.2, 0.25) is 5.02 Å².